The van der Waals surface area contributed by atoms with Crippen LogP contribution in [0.25, 0.3) is 11.0 Å². The lowest BCUT2D eigenvalue weighted by molar-refractivity contribution is 0.0929. The van der Waals surface area contributed by atoms with Crippen molar-refractivity contribution in [2.24, 2.45) is 5.10 Å². The number of amides is 1. The van der Waals surface area contributed by atoms with E-state index in [1.54, 1.807) is 12.3 Å². The van der Waals surface area contributed by atoms with Gasteiger partial charge in [-0.25, -0.2) is 5.43 Å². The smallest absolute Gasteiger partial charge is 0.307 e. The average molecular weight is 414 g/mol. The number of benzene rings is 1. The van der Waals surface area contributed by atoms with Crippen LogP contribution in [0.2, 0.25) is 0 Å². The molecule has 1 amide bonds. The topological polar surface area (TPSA) is 59.5 Å². The Kier molecular flexibility index (Phi) is 4.93. The van der Waals surface area contributed by atoms with Crippen molar-refractivity contribution in [3.05, 3.63) is 58.5 Å². The Morgan fingerprint density at radius 1 is 1.23 bits per heavy atom. The molecule has 1 aliphatic rings. The standard InChI is InChI=1S/C20H20BrN3O2/c21-16-6-7-18-15(10-16)11-19(26-18)20(25)23-22-12-14-8-9-24(13-14)17-4-2-1-3-5-17/h6-13,17H,1-5H2,(H,23,25)/b22-12+. The van der Waals surface area contributed by atoms with Gasteiger partial charge in [-0.2, -0.15) is 5.10 Å². The maximum absolute atomic E-state index is 12.2. The summed E-state index contributed by atoms with van der Waals surface area (Å²) < 4.78 is 8.77. The summed E-state index contributed by atoms with van der Waals surface area (Å²) in [6.45, 7) is 0. The largest absolute Gasteiger partial charge is 0.451 e. The van der Waals surface area contributed by atoms with Crippen LogP contribution in [0.15, 0.2) is 56.7 Å². The number of halogens is 1. The van der Waals surface area contributed by atoms with E-state index in [9.17, 15) is 4.79 Å². The minimum atomic E-state index is -0.361. The number of fused-ring (bicyclic) bond motifs is 1. The Bertz CT molecular complexity index is 951. The summed E-state index contributed by atoms with van der Waals surface area (Å²) >= 11 is 3.41. The lowest BCUT2D eigenvalue weighted by Crippen LogP contribution is -2.16. The third kappa shape index (κ3) is 3.75. The van der Waals surface area contributed by atoms with E-state index in [1.807, 2.05) is 24.3 Å². The van der Waals surface area contributed by atoms with Crippen LogP contribution in [0.4, 0.5) is 0 Å². The Morgan fingerprint density at radius 2 is 2.08 bits per heavy atom. The first kappa shape index (κ1) is 17.1. The number of nitrogens with one attached hydrogen (secondary N) is 1. The molecule has 1 saturated carbocycles. The summed E-state index contributed by atoms with van der Waals surface area (Å²) in [5.41, 5.74) is 4.18. The van der Waals surface area contributed by atoms with Crippen molar-refractivity contribution in [3.8, 4) is 0 Å². The van der Waals surface area contributed by atoms with Crippen molar-refractivity contribution in [3.63, 3.8) is 0 Å². The summed E-state index contributed by atoms with van der Waals surface area (Å²) in [4.78, 5) is 12.2. The van der Waals surface area contributed by atoms with Crippen LogP contribution in [0.3, 0.4) is 0 Å². The number of hydrogen-bond acceptors (Lipinski definition) is 3. The zero-order valence-electron chi connectivity index (χ0n) is 14.3. The number of hydrogen-bond donors (Lipinski definition) is 1. The highest BCUT2D eigenvalue weighted by Gasteiger charge is 2.15. The lowest BCUT2D eigenvalue weighted by atomic mass is 9.95. The Morgan fingerprint density at radius 3 is 2.92 bits per heavy atom. The number of furan rings is 1. The van der Waals surface area contributed by atoms with Gasteiger partial charge in [-0.05, 0) is 43.2 Å². The molecule has 4 rings (SSSR count). The molecule has 0 unspecified atom stereocenters. The van der Waals surface area contributed by atoms with Gasteiger partial charge in [0.2, 0.25) is 0 Å². The molecule has 2 aromatic heterocycles. The number of hydrazone groups is 1. The van der Waals surface area contributed by atoms with Crippen LogP contribution in [-0.2, 0) is 0 Å². The van der Waals surface area contributed by atoms with Crippen molar-refractivity contribution in [1.29, 1.82) is 0 Å². The fourth-order valence-electron chi connectivity index (χ4n) is 3.46. The third-order valence-corrected chi connectivity index (χ3v) is 5.31. The van der Waals surface area contributed by atoms with Crippen LogP contribution in [0.1, 0.15) is 54.3 Å². The molecular formula is C20H20BrN3O2. The Labute approximate surface area is 160 Å². The molecule has 0 saturated heterocycles. The van der Waals surface area contributed by atoms with Crippen molar-refractivity contribution in [1.82, 2.24) is 9.99 Å². The summed E-state index contributed by atoms with van der Waals surface area (Å²) in [5.74, 6) is -0.115. The summed E-state index contributed by atoms with van der Waals surface area (Å²) in [6.07, 6.45) is 12.3. The molecule has 134 valence electrons. The molecule has 2 heterocycles. The van der Waals surface area contributed by atoms with Gasteiger partial charge in [0, 0.05) is 33.9 Å². The summed E-state index contributed by atoms with van der Waals surface area (Å²) in [7, 11) is 0. The van der Waals surface area contributed by atoms with Crippen molar-refractivity contribution in [2.45, 2.75) is 38.1 Å². The molecule has 0 aliphatic heterocycles. The van der Waals surface area contributed by atoms with Crippen molar-refractivity contribution in [2.75, 3.05) is 0 Å². The second-order valence-corrected chi connectivity index (χ2v) is 7.59. The van der Waals surface area contributed by atoms with Gasteiger partial charge in [0.25, 0.3) is 0 Å². The van der Waals surface area contributed by atoms with E-state index in [0.29, 0.717) is 11.6 Å². The van der Waals surface area contributed by atoms with Gasteiger partial charge in [0.1, 0.15) is 5.58 Å². The molecular weight excluding hydrogens is 394 g/mol. The highest BCUT2D eigenvalue weighted by Crippen LogP contribution is 2.28. The lowest BCUT2D eigenvalue weighted by Gasteiger charge is -2.23. The van der Waals surface area contributed by atoms with E-state index in [4.69, 9.17) is 4.42 Å². The minimum Gasteiger partial charge on any atom is -0.451 e. The first-order chi connectivity index (χ1) is 12.7. The Hall–Kier alpha value is -2.34. The zero-order chi connectivity index (χ0) is 17.9. The molecule has 1 fully saturated rings. The monoisotopic (exact) mass is 413 g/mol. The molecule has 0 spiro atoms. The number of rotatable bonds is 4. The van der Waals surface area contributed by atoms with Gasteiger partial charge in [-0.1, -0.05) is 35.2 Å². The molecule has 1 aliphatic carbocycles. The predicted octanol–water partition coefficient (Wildman–Crippen LogP) is 5.27. The van der Waals surface area contributed by atoms with Crippen molar-refractivity contribution < 1.29 is 9.21 Å². The van der Waals surface area contributed by atoms with Crippen LogP contribution >= 0.6 is 15.9 Å². The van der Waals surface area contributed by atoms with Gasteiger partial charge >= 0.3 is 5.91 Å². The maximum atomic E-state index is 12.2. The molecule has 5 nitrogen and oxygen atoms in total. The summed E-state index contributed by atoms with van der Waals surface area (Å²) in [6, 6.07) is 9.94. The molecule has 3 aromatic rings. The highest BCUT2D eigenvalue weighted by molar-refractivity contribution is 9.10. The normalized spacial score (nSPS) is 15.7. The van der Waals surface area contributed by atoms with E-state index < -0.39 is 0 Å². The van der Waals surface area contributed by atoms with Gasteiger partial charge in [0.05, 0.1) is 6.21 Å². The number of nitrogens with zero attached hydrogens (tertiary/aromatic N) is 2. The zero-order valence-corrected chi connectivity index (χ0v) is 15.9. The summed E-state index contributed by atoms with van der Waals surface area (Å²) in [5, 5.41) is 4.93. The first-order valence-electron chi connectivity index (χ1n) is 8.89. The maximum Gasteiger partial charge on any atom is 0.307 e. The van der Waals surface area contributed by atoms with Gasteiger partial charge in [0.15, 0.2) is 5.76 Å². The average Bonchev–Trinajstić information content (AvgIpc) is 3.29. The van der Waals surface area contributed by atoms with Crippen LogP contribution in [0.5, 0.6) is 0 Å². The molecule has 26 heavy (non-hydrogen) atoms. The molecule has 1 N–H and O–H groups in total. The SMILES string of the molecule is O=C(N/N=C/c1ccn(C2CCCCC2)c1)c1cc2cc(Br)ccc2o1. The number of carbonyl (C=O) groups excluding carboxylic acids is 1. The van der Waals surface area contributed by atoms with Crippen LogP contribution < -0.4 is 5.43 Å². The highest BCUT2D eigenvalue weighted by atomic mass is 79.9. The predicted molar refractivity (Wildman–Crippen MR) is 106 cm³/mol. The molecule has 0 bridgehead atoms. The van der Waals surface area contributed by atoms with E-state index in [2.05, 4.69) is 43.4 Å². The number of carbonyl (C=O) groups is 1. The second kappa shape index (κ2) is 7.50. The van der Waals surface area contributed by atoms with Crippen LogP contribution in [-0.4, -0.2) is 16.7 Å². The van der Waals surface area contributed by atoms with Crippen molar-refractivity contribution >= 4 is 39.0 Å². The minimum absolute atomic E-state index is 0.245. The van der Waals surface area contributed by atoms with E-state index in [0.717, 1.165) is 15.4 Å². The van der Waals surface area contributed by atoms with Gasteiger partial charge in [-0.3, -0.25) is 4.79 Å². The second-order valence-electron chi connectivity index (χ2n) is 6.68. The van der Waals surface area contributed by atoms with Gasteiger partial charge < -0.3 is 8.98 Å². The van der Waals surface area contributed by atoms with E-state index in [1.165, 1.54) is 32.1 Å². The molecule has 6 heteroatoms. The van der Waals surface area contributed by atoms with Crippen LogP contribution in [0, 0.1) is 0 Å². The fourth-order valence-corrected chi connectivity index (χ4v) is 3.84. The Balaban J connectivity index is 1.39. The molecule has 0 radical (unpaired) electrons. The molecule has 1 aromatic carbocycles. The fraction of sp³-hybridized carbons (Fsp3) is 0.300. The van der Waals surface area contributed by atoms with E-state index >= 15 is 0 Å². The quantitative estimate of drug-likeness (QED) is 0.467. The third-order valence-electron chi connectivity index (χ3n) is 4.82. The molecule has 0 atom stereocenters. The van der Waals surface area contributed by atoms with Gasteiger partial charge in [-0.15, -0.1) is 0 Å². The first-order valence-corrected chi connectivity index (χ1v) is 9.68. The van der Waals surface area contributed by atoms with E-state index in [-0.39, 0.29) is 11.7 Å². The number of aromatic nitrogens is 1.